The molecule has 0 bridgehead atoms. The van der Waals surface area contributed by atoms with Gasteiger partial charge in [-0.2, -0.15) is 0 Å². The number of anilines is 1. The summed E-state index contributed by atoms with van der Waals surface area (Å²) in [5, 5.41) is 11.8. The fourth-order valence-corrected chi connectivity index (χ4v) is 2.56. The quantitative estimate of drug-likeness (QED) is 0.799. The van der Waals surface area contributed by atoms with Gasteiger partial charge in [0.15, 0.2) is 11.5 Å². The summed E-state index contributed by atoms with van der Waals surface area (Å²) in [6, 6.07) is 2.71. The number of amides is 1. The Morgan fingerprint density at radius 1 is 1.35 bits per heavy atom. The molecule has 1 aromatic carbocycles. The smallest absolute Gasteiger partial charge is 0.335 e. The summed E-state index contributed by atoms with van der Waals surface area (Å²) in [5.74, 6) is -0.783. The third-order valence-corrected chi connectivity index (χ3v) is 3.72. The lowest BCUT2D eigenvalue weighted by molar-refractivity contribution is -0.116. The highest BCUT2D eigenvalue weighted by Gasteiger charge is 2.20. The van der Waals surface area contributed by atoms with Crippen LogP contribution in [0.15, 0.2) is 12.1 Å². The van der Waals surface area contributed by atoms with Gasteiger partial charge in [-0.25, -0.2) is 4.79 Å². The summed E-state index contributed by atoms with van der Waals surface area (Å²) in [7, 11) is 2.84. The van der Waals surface area contributed by atoms with E-state index in [1.807, 2.05) is 0 Å². The molecule has 1 aliphatic rings. The molecule has 126 valence electrons. The van der Waals surface area contributed by atoms with Gasteiger partial charge in [-0.05, 0) is 31.4 Å². The third-order valence-electron chi connectivity index (χ3n) is 3.72. The van der Waals surface area contributed by atoms with E-state index in [1.165, 1.54) is 26.4 Å². The van der Waals surface area contributed by atoms with Gasteiger partial charge in [-0.3, -0.25) is 4.79 Å². The van der Waals surface area contributed by atoms with E-state index in [-0.39, 0.29) is 29.0 Å². The molecule has 1 aromatic rings. The van der Waals surface area contributed by atoms with Gasteiger partial charge >= 0.3 is 5.97 Å². The van der Waals surface area contributed by atoms with Gasteiger partial charge in [0, 0.05) is 13.0 Å². The van der Waals surface area contributed by atoms with Crippen molar-refractivity contribution in [3.63, 3.8) is 0 Å². The highest BCUT2D eigenvalue weighted by Crippen LogP contribution is 2.36. The van der Waals surface area contributed by atoms with Gasteiger partial charge < -0.3 is 24.6 Å². The molecule has 1 atom stereocenters. The molecule has 0 radical (unpaired) electrons. The molecule has 23 heavy (non-hydrogen) atoms. The molecule has 0 saturated carbocycles. The number of methoxy groups -OCH3 is 2. The molecule has 0 aromatic heterocycles. The van der Waals surface area contributed by atoms with Crippen LogP contribution in [0.2, 0.25) is 0 Å². The van der Waals surface area contributed by atoms with Gasteiger partial charge in [0.1, 0.15) is 0 Å². The van der Waals surface area contributed by atoms with Crippen molar-refractivity contribution in [3.8, 4) is 11.5 Å². The van der Waals surface area contributed by atoms with Gasteiger partial charge in [0.2, 0.25) is 5.91 Å². The summed E-state index contributed by atoms with van der Waals surface area (Å²) in [6.45, 7) is 0.748. The first-order valence-corrected chi connectivity index (χ1v) is 7.46. The van der Waals surface area contributed by atoms with Crippen molar-refractivity contribution in [3.05, 3.63) is 17.7 Å². The molecule has 0 spiro atoms. The van der Waals surface area contributed by atoms with E-state index in [0.717, 1.165) is 19.4 Å². The van der Waals surface area contributed by atoms with Gasteiger partial charge in [-0.1, -0.05) is 0 Å². The SMILES string of the molecule is COc1cc(C(=O)O)cc(NC(=O)CCC2CCCO2)c1OC. The minimum Gasteiger partial charge on any atom is -0.493 e. The Balaban J connectivity index is 2.11. The number of aromatic carboxylic acids is 1. The molecule has 1 unspecified atom stereocenters. The lowest BCUT2D eigenvalue weighted by Crippen LogP contribution is -2.16. The number of carboxylic acids is 1. The number of carbonyl (C=O) groups is 2. The molecule has 0 aliphatic carbocycles. The Morgan fingerprint density at radius 2 is 2.13 bits per heavy atom. The van der Waals surface area contributed by atoms with Crippen LogP contribution in [0.5, 0.6) is 11.5 Å². The Hall–Kier alpha value is -2.28. The van der Waals surface area contributed by atoms with Gasteiger partial charge in [0.25, 0.3) is 0 Å². The number of hydrogen-bond acceptors (Lipinski definition) is 5. The van der Waals surface area contributed by atoms with Gasteiger partial charge in [-0.15, -0.1) is 0 Å². The van der Waals surface area contributed by atoms with Crippen LogP contribution in [0.1, 0.15) is 36.0 Å². The Bertz CT molecular complexity index is 580. The average Bonchev–Trinajstić information content (AvgIpc) is 3.05. The van der Waals surface area contributed by atoms with E-state index in [9.17, 15) is 9.59 Å². The number of benzene rings is 1. The molecule has 2 N–H and O–H groups in total. The number of rotatable bonds is 7. The second-order valence-electron chi connectivity index (χ2n) is 5.29. The minimum absolute atomic E-state index is 0.0112. The van der Waals surface area contributed by atoms with Crippen LogP contribution in [-0.2, 0) is 9.53 Å². The molecule has 2 rings (SSSR count). The summed E-state index contributed by atoms with van der Waals surface area (Å²) in [4.78, 5) is 23.3. The van der Waals surface area contributed by atoms with Crippen LogP contribution in [0.25, 0.3) is 0 Å². The summed E-state index contributed by atoms with van der Waals surface area (Å²) in [5.41, 5.74) is 0.290. The fraction of sp³-hybridized carbons (Fsp3) is 0.500. The number of nitrogens with one attached hydrogen (secondary N) is 1. The predicted octanol–water partition coefficient (Wildman–Crippen LogP) is 2.30. The van der Waals surface area contributed by atoms with Crippen molar-refractivity contribution in [2.24, 2.45) is 0 Å². The van der Waals surface area contributed by atoms with Crippen LogP contribution in [0, 0.1) is 0 Å². The zero-order valence-electron chi connectivity index (χ0n) is 13.3. The molecule has 1 aliphatic heterocycles. The van der Waals surface area contributed by atoms with E-state index < -0.39 is 5.97 Å². The molecule has 1 heterocycles. The van der Waals surface area contributed by atoms with E-state index in [1.54, 1.807) is 0 Å². The molecule has 1 amide bonds. The van der Waals surface area contributed by atoms with E-state index >= 15 is 0 Å². The zero-order chi connectivity index (χ0) is 16.8. The second-order valence-corrected chi connectivity index (χ2v) is 5.29. The zero-order valence-corrected chi connectivity index (χ0v) is 13.3. The maximum absolute atomic E-state index is 12.1. The lowest BCUT2D eigenvalue weighted by atomic mass is 10.1. The first-order chi connectivity index (χ1) is 11.0. The molecule has 1 saturated heterocycles. The van der Waals surface area contributed by atoms with Crippen molar-refractivity contribution in [1.29, 1.82) is 0 Å². The van der Waals surface area contributed by atoms with Gasteiger partial charge in [0.05, 0.1) is 31.6 Å². The Morgan fingerprint density at radius 3 is 2.70 bits per heavy atom. The first kappa shape index (κ1) is 17.1. The van der Waals surface area contributed by atoms with Crippen LogP contribution >= 0.6 is 0 Å². The van der Waals surface area contributed by atoms with Crippen molar-refractivity contribution in [2.75, 3.05) is 26.1 Å². The molecular formula is C16H21NO6. The predicted molar refractivity (Wildman–Crippen MR) is 83.3 cm³/mol. The van der Waals surface area contributed by atoms with Crippen molar-refractivity contribution >= 4 is 17.6 Å². The van der Waals surface area contributed by atoms with Crippen molar-refractivity contribution in [2.45, 2.75) is 31.8 Å². The largest absolute Gasteiger partial charge is 0.493 e. The lowest BCUT2D eigenvalue weighted by Gasteiger charge is -2.15. The first-order valence-electron chi connectivity index (χ1n) is 7.46. The maximum atomic E-state index is 12.1. The Labute approximate surface area is 134 Å². The summed E-state index contributed by atoms with van der Waals surface area (Å²) < 4.78 is 15.8. The van der Waals surface area contributed by atoms with Crippen LogP contribution in [0.4, 0.5) is 5.69 Å². The highest BCUT2D eigenvalue weighted by atomic mass is 16.5. The number of carboxylic acid groups (broad SMARTS) is 1. The molecular weight excluding hydrogens is 302 g/mol. The van der Waals surface area contributed by atoms with Crippen molar-refractivity contribution in [1.82, 2.24) is 0 Å². The van der Waals surface area contributed by atoms with Crippen LogP contribution < -0.4 is 14.8 Å². The normalized spacial score (nSPS) is 16.9. The van der Waals surface area contributed by atoms with Crippen molar-refractivity contribution < 1.29 is 28.9 Å². The van der Waals surface area contributed by atoms with E-state index in [2.05, 4.69) is 5.32 Å². The topological polar surface area (TPSA) is 94.1 Å². The monoisotopic (exact) mass is 323 g/mol. The summed E-state index contributed by atoms with van der Waals surface area (Å²) in [6.07, 6.45) is 3.07. The second kappa shape index (κ2) is 7.82. The average molecular weight is 323 g/mol. The molecule has 1 fully saturated rings. The van der Waals surface area contributed by atoms with E-state index in [0.29, 0.717) is 18.6 Å². The van der Waals surface area contributed by atoms with E-state index in [4.69, 9.17) is 19.3 Å². The molecule has 7 nitrogen and oxygen atoms in total. The number of ether oxygens (including phenoxy) is 3. The molecule has 7 heteroatoms. The van der Waals surface area contributed by atoms with Crippen LogP contribution in [0.3, 0.4) is 0 Å². The van der Waals surface area contributed by atoms with Crippen LogP contribution in [-0.4, -0.2) is 43.9 Å². The Kier molecular flexibility index (Phi) is 5.81. The third kappa shape index (κ3) is 4.35. The minimum atomic E-state index is -1.11. The number of carbonyl (C=O) groups excluding carboxylic acids is 1. The fourth-order valence-electron chi connectivity index (χ4n) is 2.56. The summed E-state index contributed by atoms with van der Waals surface area (Å²) >= 11 is 0. The standard InChI is InChI=1S/C16H21NO6/c1-21-13-9-10(16(19)20)8-12(15(13)22-2)17-14(18)6-5-11-4-3-7-23-11/h8-9,11H,3-7H2,1-2H3,(H,17,18)(H,19,20). The number of hydrogen-bond donors (Lipinski definition) is 2. The maximum Gasteiger partial charge on any atom is 0.335 e. The highest BCUT2D eigenvalue weighted by molar-refractivity contribution is 5.96.